The number of benzene rings is 9. The fraction of sp³-hybridized carbons (Fsp3) is 0. The summed E-state index contributed by atoms with van der Waals surface area (Å²) in [6.07, 6.45) is 0. The third-order valence-corrected chi connectivity index (χ3v) is 10.8. The van der Waals surface area contributed by atoms with Gasteiger partial charge in [-0.15, -0.1) is 0 Å². The highest BCUT2D eigenvalue weighted by atomic mass is 15.1. The van der Waals surface area contributed by atoms with E-state index in [1.54, 1.807) is 0 Å². The molecule has 0 radical (unpaired) electrons. The maximum absolute atomic E-state index is 2.38. The first-order valence-corrected chi connectivity index (χ1v) is 19.2. The Morgan fingerprint density at radius 3 is 1.32 bits per heavy atom. The maximum Gasteiger partial charge on any atom is 0.0541 e. The molecule has 0 fully saturated rings. The molecule has 0 saturated carbocycles. The minimum Gasteiger partial charge on any atom is -0.310 e. The molecule has 10 rings (SSSR count). The SMILES string of the molecule is c1ccc(-c2cccc(-c3ccc(N(c4ccccc4)c4ccc(-c5ccc(-n6c7ccccc7c7ccccc76)cc5)cc4-c4ccccc4)cc3)c2)cc1. The third-order valence-electron chi connectivity index (χ3n) is 10.8. The number of anilines is 3. The van der Waals surface area contributed by atoms with Crippen molar-refractivity contribution in [3.05, 3.63) is 231 Å². The van der Waals surface area contributed by atoms with Crippen molar-refractivity contribution in [3.63, 3.8) is 0 Å². The van der Waals surface area contributed by atoms with Crippen molar-refractivity contribution < 1.29 is 0 Å². The molecule has 2 heteroatoms. The van der Waals surface area contributed by atoms with E-state index in [2.05, 4.69) is 240 Å². The van der Waals surface area contributed by atoms with E-state index in [-0.39, 0.29) is 0 Å². The summed E-state index contributed by atoms with van der Waals surface area (Å²) in [7, 11) is 0. The van der Waals surface area contributed by atoms with Crippen LogP contribution in [-0.4, -0.2) is 4.57 Å². The van der Waals surface area contributed by atoms with Crippen LogP contribution in [0.15, 0.2) is 231 Å². The first-order chi connectivity index (χ1) is 27.8. The standard InChI is InChI=1S/C54H38N2/c1-4-15-39(16-5-1)43-19-14-20-44(37-43)40-27-32-47(33-28-40)55(46-21-8-3-9-22-46)54-36-31-45(38-51(54)42-17-6-2-7-18-42)41-29-34-48(35-30-41)56-52-25-12-10-23-49(52)50-24-11-13-26-53(50)56/h1-38H. The second-order valence-corrected chi connectivity index (χ2v) is 14.2. The molecular weight excluding hydrogens is 677 g/mol. The number of rotatable bonds is 8. The molecule has 0 atom stereocenters. The first kappa shape index (κ1) is 33.2. The average Bonchev–Trinajstić information content (AvgIpc) is 3.62. The van der Waals surface area contributed by atoms with Crippen LogP contribution in [0.25, 0.3) is 72.0 Å². The fourth-order valence-corrected chi connectivity index (χ4v) is 8.08. The molecule has 0 amide bonds. The summed E-state index contributed by atoms with van der Waals surface area (Å²) in [6, 6.07) is 83.0. The molecule has 264 valence electrons. The molecule has 0 aliphatic rings. The van der Waals surface area contributed by atoms with Gasteiger partial charge in [0.1, 0.15) is 0 Å². The highest BCUT2D eigenvalue weighted by Crippen LogP contribution is 2.43. The molecule has 0 bridgehead atoms. The predicted octanol–water partition coefficient (Wildman–Crippen LogP) is 14.9. The van der Waals surface area contributed by atoms with Gasteiger partial charge in [-0.25, -0.2) is 0 Å². The van der Waals surface area contributed by atoms with E-state index in [4.69, 9.17) is 0 Å². The van der Waals surface area contributed by atoms with Gasteiger partial charge < -0.3 is 9.47 Å². The van der Waals surface area contributed by atoms with E-state index >= 15 is 0 Å². The molecule has 1 heterocycles. The zero-order valence-electron chi connectivity index (χ0n) is 30.8. The predicted molar refractivity (Wildman–Crippen MR) is 237 cm³/mol. The van der Waals surface area contributed by atoms with Crippen LogP contribution in [-0.2, 0) is 0 Å². The van der Waals surface area contributed by atoms with Crippen LogP contribution in [0.2, 0.25) is 0 Å². The van der Waals surface area contributed by atoms with Gasteiger partial charge in [0.25, 0.3) is 0 Å². The summed E-state index contributed by atoms with van der Waals surface area (Å²) in [4.78, 5) is 2.38. The Morgan fingerprint density at radius 2 is 0.714 bits per heavy atom. The summed E-state index contributed by atoms with van der Waals surface area (Å²) in [5, 5.41) is 2.54. The Kier molecular flexibility index (Phi) is 8.55. The lowest BCUT2D eigenvalue weighted by Crippen LogP contribution is -2.11. The van der Waals surface area contributed by atoms with Gasteiger partial charge in [0, 0.05) is 33.4 Å². The van der Waals surface area contributed by atoms with Gasteiger partial charge in [0.15, 0.2) is 0 Å². The quantitative estimate of drug-likeness (QED) is 0.152. The fourth-order valence-electron chi connectivity index (χ4n) is 8.08. The van der Waals surface area contributed by atoms with Crippen molar-refractivity contribution in [2.75, 3.05) is 4.90 Å². The molecule has 0 saturated heterocycles. The van der Waals surface area contributed by atoms with E-state index in [1.165, 1.54) is 60.8 Å². The van der Waals surface area contributed by atoms with Gasteiger partial charge in [-0.1, -0.05) is 164 Å². The molecule has 0 aliphatic carbocycles. The van der Waals surface area contributed by atoms with Crippen LogP contribution in [0.5, 0.6) is 0 Å². The number of aromatic nitrogens is 1. The van der Waals surface area contributed by atoms with Gasteiger partial charge >= 0.3 is 0 Å². The van der Waals surface area contributed by atoms with Crippen molar-refractivity contribution in [2.45, 2.75) is 0 Å². The summed E-state index contributed by atoms with van der Waals surface area (Å²) < 4.78 is 2.37. The number of nitrogens with zero attached hydrogens (tertiary/aromatic N) is 2. The molecule has 56 heavy (non-hydrogen) atoms. The number of hydrogen-bond acceptors (Lipinski definition) is 1. The third kappa shape index (κ3) is 6.14. The lowest BCUT2D eigenvalue weighted by atomic mass is 9.95. The van der Waals surface area contributed by atoms with E-state index in [0.29, 0.717) is 0 Å². The van der Waals surface area contributed by atoms with E-state index in [1.807, 2.05) is 0 Å². The normalized spacial score (nSPS) is 11.2. The van der Waals surface area contributed by atoms with Crippen molar-refractivity contribution in [1.82, 2.24) is 4.57 Å². The van der Waals surface area contributed by atoms with Crippen LogP contribution >= 0.6 is 0 Å². The Balaban J connectivity index is 1.05. The van der Waals surface area contributed by atoms with Crippen LogP contribution in [0.4, 0.5) is 17.1 Å². The molecular formula is C54H38N2. The summed E-state index contributed by atoms with van der Waals surface area (Å²) in [6.45, 7) is 0. The molecule has 9 aromatic carbocycles. The van der Waals surface area contributed by atoms with Crippen molar-refractivity contribution in [2.24, 2.45) is 0 Å². The zero-order valence-corrected chi connectivity index (χ0v) is 30.8. The van der Waals surface area contributed by atoms with Gasteiger partial charge in [0.05, 0.1) is 16.7 Å². The zero-order chi connectivity index (χ0) is 37.3. The molecule has 0 N–H and O–H groups in total. The van der Waals surface area contributed by atoms with Crippen LogP contribution in [0.3, 0.4) is 0 Å². The number of para-hydroxylation sites is 3. The summed E-state index contributed by atoms with van der Waals surface area (Å²) >= 11 is 0. The lowest BCUT2D eigenvalue weighted by molar-refractivity contribution is 1.18. The molecule has 0 aliphatic heterocycles. The maximum atomic E-state index is 2.38. The van der Waals surface area contributed by atoms with Gasteiger partial charge in [-0.3, -0.25) is 0 Å². The highest BCUT2D eigenvalue weighted by molar-refractivity contribution is 6.09. The van der Waals surface area contributed by atoms with Gasteiger partial charge in [0.2, 0.25) is 0 Å². The van der Waals surface area contributed by atoms with Crippen molar-refractivity contribution in [3.8, 4) is 50.2 Å². The highest BCUT2D eigenvalue weighted by Gasteiger charge is 2.19. The molecule has 10 aromatic rings. The molecule has 0 unspecified atom stereocenters. The monoisotopic (exact) mass is 714 g/mol. The van der Waals surface area contributed by atoms with Crippen molar-refractivity contribution >= 4 is 38.9 Å². The Hall–Kier alpha value is -7.42. The van der Waals surface area contributed by atoms with E-state index in [9.17, 15) is 0 Å². The Labute approximate surface area is 327 Å². The molecule has 1 aromatic heterocycles. The number of hydrogen-bond donors (Lipinski definition) is 0. The minimum absolute atomic E-state index is 1.10. The van der Waals surface area contributed by atoms with Gasteiger partial charge in [-0.2, -0.15) is 0 Å². The van der Waals surface area contributed by atoms with Gasteiger partial charge in [-0.05, 0) is 106 Å². The van der Waals surface area contributed by atoms with Crippen molar-refractivity contribution in [1.29, 1.82) is 0 Å². The first-order valence-electron chi connectivity index (χ1n) is 19.2. The van der Waals surface area contributed by atoms with E-state index in [0.717, 1.165) is 28.3 Å². The van der Waals surface area contributed by atoms with E-state index < -0.39 is 0 Å². The second kappa shape index (κ2) is 14.4. The average molecular weight is 715 g/mol. The van der Waals surface area contributed by atoms with Crippen LogP contribution in [0.1, 0.15) is 0 Å². The van der Waals surface area contributed by atoms with Crippen LogP contribution in [0, 0.1) is 0 Å². The Bertz CT molecular complexity index is 2870. The summed E-state index contributed by atoms with van der Waals surface area (Å²) in [5.74, 6) is 0. The molecule has 0 spiro atoms. The molecule has 2 nitrogen and oxygen atoms in total. The summed E-state index contributed by atoms with van der Waals surface area (Å²) in [5.41, 5.74) is 16.4. The topological polar surface area (TPSA) is 8.17 Å². The Morgan fingerprint density at radius 1 is 0.286 bits per heavy atom. The smallest absolute Gasteiger partial charge is 0.0541 e. The largest absolute Gasteiger partial charge is 0.310 e. The van der Waals surface area contributed by atoms with Crippen LogP contribution < -0.4 is 4.90 Å². The number of fused-ring (bicyclic) bond motifs is 3. The second-order valence-electron chi connectivity index (χ2n) is 14.2. The minimum atomic E-state index is 1.10. The lowest BCUT2D eigenvalue weighted by Gasteiger charge is -2.28.